The Bertz CT molecular complexity index is 593. The Morgan fingerprint density at radius 2 is 2.12 bits per heavy atom. The molecule has 0 spiro atoms. The van der Waals surface area contributed by atoms with E-state index in [1.54, 1.807) is 11.3 Å². The number of carbonyl (C=O) groups is 2. The van der Waals surface area contributed by atoms with Crippen LogP contribution in [0.3, 0.4) is 0 Å². The molecule has 1 saturated carbocycles. The minimum absolute atomic E-state index is 0.0391. The number of urea groups is 1. The average molecular weight is 383 g/mol. The van der Waals surface area contributed by atoms with Crippen molar-refractivity contribution < 1.29 is 14.3 Å². The van der Waals surface area contributed by atoms with E-state index in [1.165, 1.54) is 0 Å². The molecule has 0 bridgehead atoms. The van der Waals surface area contributed by atoms with E-state index in [0.29, 0.717) is 26.1 Å². The predicted molar refractivity (Wildman–Crippen MR) is 102 cm³/mol. The second-order valence-corrected chi connectivity index (χ2v) is 7.67. The lowest BCUT2D eigenvalue weighted by atomic mass is 9.83. The van der Waals surface area contributed by atoms with Gasteiger partial charge in [0.1, 0.15) is 0 Å². The van der Waals surface area contributed by atoms with Crippen LogP contribution in [-0.2, 0) is 16.1 Å². The Labute approximate surface area is 159 Å². The van der Waals surface area contributed by atoms with E-state index in [4.69, 9.17) is 4.74 Å². The summed E-state index contributed by atoms with van der Waals surface area (Å²) in [4.78, 5) is 28.8. The Morgan fingerprint density at radius 3 is 2.77 bits per heavy atom. The van der Waals surface area contributed by atoms with Gasteiger partial charge in [0.15, 0.2) is 0 Å². The fourth-order valence-electron chi connectivity index (χ4n) is 3.18. The molecular formula is C18H30N4O3S. The third-order valence-electron chi connectivity index (χ3n) is 4.46. The second kappa shape index (κ2) is 10.5. The summed E-state index contributed by atoms with van der Waals surface area (Å²) in [5.41, 5.74) is 0.895. The number of nitrogens with zero attached hydrogens (tertiary/aromatic N) is 1. The number of aryl methyl sites for hydroxylation is 1. The van der Waals surface area contributed by atoms with Crippen LogP contribution in [0.5, 0.6) is 0 Å². The summed E-state index contributed by atoms with van der Waals surface area (Å²) in [5.74, 6) is -0.0545. The highest BCUT2D eigenvalue weighted by Crippen LogP contribution is 2.27. The Morgan fingerprint density at radius 1 is 1.31 bits per heavy atom. The first kappa shape index (κ1) is 20.6. The number of hydrogen-bond donors (Lipinski definition) is 3. The van der Waals surface area contributed by atoms with Crippen LogP contribution in [0, 0.1) is 12.8 Å². The zero-order valence-electron chi connectivity index (χ0n) is 15.8. The van der Waals surface area contributed by atoms with Gasteiger partial charge in [-0.15, -0.1) is 11.3 Å². The molecule has 8 heteroatoms. The van der Waals surface area contributed by atoms with Crippen LogP contribution in [-0.4, -0.2) is 42.2 Å². The van der Waals surface area contributed by atoms with Crippen molar-refractivity contribution in [1.82, 2.24) is 20.9 Å². The minimum atomic E-state index is -0.176. The fraction of sp³-hybridized carbons (Fsp3) is 0.722. The van der Waals surface area contributed by atoms with Crippen molar-refractivity contribution in [1.29, 1.82) is 0 Å². The fourth-order valence-corrected chi connectivity index (χ4v) is 3.79. The summed E-state index contributed by atoms with van der Waals surface area (Å²) < 4.78 is 5.94. The Balaban J connectivity index is 1.88. The summed E-state index contributed by atoms with van der Waals surface area (Å²) in [6.45, 7) is 7.56. The van der Waals surface area contributed by atoms with Gasteiger partial charge in [-0.2, -0.15) is 0 Å². The molecule has 0 saturated heterocycles. The van der Waals surface area contributed by atoms with Crippen molar-refractivity contribution >= 4 is 23.3 Å². The lowest BCUT2D eigenvalue weighted by Crippen LogP contribution is -2.52. The molecule has 0 aromatic carbocycles. The smallest absolute Gasteiger partial charge is 0.315 e. The van der Waals surface area contributed by atoms with Gasteiger partial charge in [-0.1, -0.05) is 6.92 Å². The lowest BCUT2D eigenvalue weighted by molar-refractivity contribution is -0.128. The number of aromatic nitrogens is 1. The highest BCUT2D eigenvalue weighted by Gasteiger charge is 2.35. The first-order valence-electron chi connectivity index (χ1n) is 9.38. The van der Waals surface area contributed by atoms with Gasteiger partial charge in [0.25, 0.3) is 0 Å². The topological polar surface area (TPSA) is 92.3 Å². The monoisotopic (exact) mass is 382 g/mol. The van der Waals surface area contributed by atoms with E-state index in [2.05, 4.69) is 27.9 Å². The number of nitrogens with one attached hydrogen (secondary N) is 3. The molecule has 7 nitrogen and oxygen atoms in total. The summed E-state index contributed by atoms with van der Waals surface area (Å²) in [5, 5.41) is 11.7. The van der Waals surface area contributed by atoms with Gasteiger partial charge < -0.3 is 20.7 Å². The van der Waals surface area contributed by atoms with Crippen LogP contribution in [0.4, 0.5) is 4.79 Å². The van der Waals surface area contributed by atoms with E-state index in [0.717, 1.165) is 30.0 Å². The van der Waals surface area contributed by atoms with Crippen molar-refractivity contribution in [2.75, 3.05) is 13.2 Å². The number of rotatable bonds is 8. The van der Waals surface area contributed by atoms with Gasteiger partial charge >= 0.3 is 6.03 Å². The van der Waals surface area contributed by atoms with Gasteiger partial charge in [-0.25, -0.2) is 9.78 Å². The number of ether oxygens (including phenoxy) is 1. The highest BCUT2D eigenvalue weighted by molar-refractivity contribution is 7.09. The molecular weight excluding hydrogens is 352 g/mol. The Hall–Kier alpha value is -1.67. The van der Waals surface area contributed by atoms with Gasteiger partial charge in [0.2, 0.25) is 5.91 Å². The zero-order chi connectivity index (χ0) is 18.9. The first-order valence-corrected chi connectivity index (χ1v) is 10.3. The molecule has 0 unspecified atom stereocenters. The van der Waals surface area contributed by atoms with Crippen molar-refractivity contribution in [2.45, 2.75) is 65.1 Å². The van der Waals surface area contributed by atoms with E-state index in [-0.39, 0.29) is 30.0 Å². The highest BCUT2D eigenvalue weighted by atomic mass is 32.1. The third kappa shape index (κ3) is 6.25. The maximum atomic E-state index is 12.5. The van der Waals surface area contributed by atoms with Gasteiger partial charge in [-0.05, 0) is 39.5 Å². The zero-order valence-corrected chi connectivity index (χ0v) is 16.7. The van der Waals surface area contributed by atoms with E-state index >= 15 is 0 Å². The maximum absolute atomic E-state index is 12.5. The van der Waals surface area contributed by atoms with E-state index in [1.807, 2.05) is 19.2 Å². The summed E-state index contributed by atoms with van der Waals surface area (Å²) in [7, 11) is 0. The number of amides is 3. The van der Waals surface area contributed by atoms with Crippen LogP contribution < -0.4 is 16.0 Å². The Kier molecular flexibility index (Phi) is 8.31. The molecule has 1 heterocycles. The molecule has 3 amide bonds. The maximum Gasteiger partial charge on any atom is 0.315 e. The standard InChI is InChI=1S/C18H30N4O3S/c1-4-8-25-16-9-13(6-7-15(16)22-18(24)19-5-2)17(23)20-10-14-11-26-12(3)21-14/h11,13,15-16H,4-10H2,1-3H3,(H,20,23)(H2,19,22,24)/t13-,15-,16-/m0/s1. The number of hydrogen-bond acceptors (Lipinski definition) is 5. The largest absolute Gasteiger partial charge is 0.376 e. The SMILES string of the molecule is CCCO[C@H]1C[C@@H](C(=O)NCc2csc(C)n2)CC[C@@H]1NC(=O)NCC. The number of thiazole rings is 1. The molecule has 3 atom stereocenters. The van der Waals surface area contributed by atoms with Crippen LogP contribution in [0.2, 0.25) is 0 Å². The van der Waals surface area contributed by atoms with Crippen molar-refractivity contribution in [3.8, 4) is 0 Å². The molecule has 1 aromatic rings. The number of carbonyl (C=O) groups excluding carboxylic acids is 2. The van der Waals surface area contributed by atoms with Crippen molar-refractivity contribution in [2.24, 2.45) is 5.92 Å². The predicted octanol–water partition coefficient (Wildman–Crippen LogP) is 2.35. The average Bonchev–Trinajstić information content (AvgIpc) is 3.04. The quantitative estimate of drug-likeness (QED) is 0.643. The van der Waals surface area contributed by atoms with Crippen LogP contribution in [0.25, 0.3) is 0 Å². The van der Waals surface area contributed by atoms with Crippen molar-refractivity contribution in [3.63, 3.8) is 0 Å². The molecule has 0 aliphatic heterocycles. The summed E-state index contributed by atoms with van der Waals surface area (Å²) >= 11 is 1.58. The van der Waals surface area contributed by atoms with Crippen LogP contribution in [0.1, 0.15) is 50.2 Å². The summed E-state index contributed by atoms with van der Waals surface area (Å²) in [6.07, 6.45) is 2.87. The first-order chi connectivity index (χ1) is 12.5. The lowest BCUT2D eigenvalue weighted by Gasteiger charge is -2.35. The van der Waals surface area contributed by atoms with Gasteiger partial charge in [0, 0.05) is 24.4 Å². The van der Waals surface area contributed by atoms with Crippen molar-refractivity contribution in [3.05, 3.63) is 16.1 Å². The van der Waals surface area contributed by atoms with Gasteiger partial charge in [-0.3, -0.25) is 4.79 Å². The third-order valence-corrected chi connectivity index (χ3v) is 5.29. The molecule has 26 heavy (non-hydrogen) atoms. The minimum Gasteiger partial charge on any atom is -0.376 e. The normalized spacial score (nSPS) is 22.7. The molecule has 3 N–H and O–H groups in total. The van der Waals surface area contributed by atoms with Gasteiger partial charge in [0.05, 0.1) is 29.4 Å². The molecule has 1 aliphatic carbocycles. The van der Waals surface area contributed by atoms with E-state index < -0.39 is 0 Å². The second-order valence-electron chi connectivity index (χ2n) is 6.61. The molecule has 1 fully saturated rings. The van der Waals surface area contributed by atoms with Crippen LogP contribution >= 0.6 is 11.3 Å². The van der Waals surface area contributed by atoms with Crippen LogP contribution in [0.15, 0.2) is 5.38 Å². The molecule has 146 valence electrons. The molecule has 2 rings (SSSR count). The molecule has 1 aliphatic rings. The molecule has 1 aromatic heterocycles. The summed E-state index contributed by atoms with van der Waals surface area (Å²) in [6, 6.07) is -0.234. The van der Waals surface area contributed by atoms with E-state index in [9.17, 15) is 9.59 Å². The molecule has 0 radical (unpaired) electrons.